The van der Waals surface area contributed by atoms with Gasteiger partial charge in [0.05, 0.1) is 12.4 Å². The Hall–Kier alpha value is -2.56. The molecule has 5 heteroatoms. The van der Waals surface area contributed by atoms with Gasteiger partial charge in [-0.2, -0.15) is 10.2 Å². The minimum Gasteiger partial charge on any atom is -0.381 e. The van der Waals surface area contributed by atoms with E-state index in [9.17, 15) is 0 Å². The van der Waals surface area contributed by atoms with Gasteiger partial charge in [0.1, 0.15) is 0 Å². The Bertz CT molecular complexity index is 725. The predicted molar refractivity (Wildman–Crippen MR) is 81.9 cm³/mol. The summed E-state index contributed by atoms with van der Waals surface area (Å²) in [5.41, 5.74) is 6.10. The summed E-state index contributed by atoms with van der Waals surface area (Å²) in [4.78, 5) is 0. The van der Waals surface area contributed by atoms with E-state index in [0.717, 1.165) is 30.8 Å². The van der Waals surface area contributed by atoms with Crippen molar-refractivity contribution in [3.63, 3.8) is 0 Å². The highest BCUT2D eigenvalue weighted by molar-refractivity contribution is 5.64. The first-order chi connectivity index (χ1) is 10.4. The van der Waals surface area contributed by atoms with E-state index in [-0.39, 0.29) is 0 Å². The lowest BCUT2D eigenvalue weighted by Crippen LogP contribution is -2.01. The quantitative estimate of drug-likeness (QED) is 0.772. The SMILES string of the molecule is c1cc(-c2cn[nH]c2)ccc1NCc1cnn2c1CCC2. The molecular formula is C16H17N5. The molecule has 106 valence electrons. The summed E-state index contributed by atoms with van der Waals surface area (Å²) in [5, 5.41) is 14.7. The number of nitrogens with zero attached hydrogens (tertiary/aromatic N) is 3. The zero-order chi connectivity index (χ0) is 14.1. The van der Waals surface area contributed by atoms with Crippen LogP contribution in [0, 0.1) is 0 Å². The summed E-state index contributed by atoms with van der Waals surface area (Å²) in [6.45, 7) is 1.90. The van der Waals surface area contributed by atoms with Crippen molar-refractivity contribution in [3.05, 3.63) is 54.1 Å². The first kappa shape index (κ1) is 12.2. The molecular weight excluding hydrogens is 262 g/mol. The zero-order valence-corrected chi connectivity index (χ0v) is 11.7. The Balaban J connectivity index is 1.45. The number of aromatic nitrogens is 4. The fraction of sp³-hybridized carbons (Fsp3) is 0.250. The topological polar surface area (TPSA) is 58.5 Å². The zero-order valence-electron chi connectivity index (χ0n) is 11.7. The fourth-order valence-corrected chi connectivity index (χ4v) is 2.86. The lowest BCUT2D eigenvalue weighted by atomic mass is 10.1. The number of nitrogens with one attached hydrogen (secondary N) is 2. The maximum atomic E-state index is 4.42. The van der Waals surface area contributed by atoms with Crippen molar-refractivity contribution < 1.29 is 0 Å². The summed E-state index contributed by atoms with van der Waals surface area (Å²) in [7, 11) is 0. The number of anilines is 1. The highest BCUT2D eigenvalue weighted by Crippen LogP contribution is 2.22. The highest BCUT2D eigenvalue weighted by Gasteiger charge is 2.15. The summed E-state index contributed by atoms with van der Waals surface area (Å²) in [6, 6.07) is 8.42. The predicted octanol–water partition coefficient (Wildman–Crippen LogP) is 2.83. The number of fused-ring (bicyclic) bond motifs is 1. The molecule has 0 spiro atoms. The Morgan fingerprint density at radius 3 is 2.86 bits per heavy atom. The lowest BCUT2D eigenvalue weighted by molar-refractivity contribution is 0.656. The lowest BCUT2D eigenvalue weighted by Gasteiger charge is -2.07. The Labute approximate surface area is 123 Å². The van der Waals surface area contributed by atoms with Gasteiger partial charge in [-0.05, 0) is 30.5 Å². The number of aryl methyl sites for hydroxylation is 1. The molecule has 0 unspecified atom stereocenters. The van der Waals surface area contributed by atoms with Gasteiger partial charge >= 0.3 is 0 Å². The number of hydrogen-bond acceptors (Lipinski definition) is 3. The minimum absolute atomic E-state index is 0.834. The standard InChI is InChI=1S/C16H17N5/c1-2-16-14(11-20-21(16)7-1)8-17-15-5-3-12(4-6-15)13-9-18-19-10-13/h3-6,9-11,17H,1-2,7-8H2,(H,18,19). The normalized spacial score (nSPS) is 13.3. The number of hydrogen-bond donors (Lipinski definition) is 2. The highest BCUT2D eigenvalue weighted by atomic mass is 15.3. The number of benzene rings is 1. The molecule has 2 aromatic heterocycles. The van der Waals surface area contributed by atoms with Gasteiger partial charge in [-0.15, -0.1) is 0 Å². The van der Waals surface area contributed by atoms with Crippen molar-refractivity contribution in [3.8, 4) is 11.1 Å². The van der Waals surface area contributed by atoms with Crippen LogP contribution in [0.3, 0.4) is 0 Å². The van der Waals surface area contributed by atoms with E-state index >= 15 is 0 Å². The van der Waals surface area contributed by atoms with Crippen molar-refractivity contribution in [2.45, 2.75) is 25.9 Å². The molecule has 2 N–H and O–H groups in total. The third-order valence-corrected chi connectivity index (χ3v) is 4.02. The first-order valence-corrected chi connectivity index (χ1v) is 7.27. The van der Waals surface area contributed by atoms with Crippen LogP contribution in [-0.4, -0.2) is 20.0 Å². The van der Waals surface area contributed by atoms with Gasteiger partial charge in [0, 0.05) is 41.8 Å². The van der Waals surface area contributed by atoms with Gasteiger partial charge in [0.2, 0.25) is 0 Å². The Kier molecular flexibility index (Phi) is 2.96. The van der Waals surface area contributed by atoms with Crippen LogP contribution in [0.25, 0.3) is 11.1 Å². The average molecular weight is 279 g/mol. The molecule has 1 aromatic carbocycles. The molecule has 0 amide bonds. The van der Waals surface area contributed by atoms with E-state index in [0.29, 0.717) is 0 Å². The molecule has 3 heterocycles. The summed E-state index contributed by atoms with van der Waals surface area (Å²) < 4.78 is 2.12. The van der Waals surface area contributed by atoms with Gasteiger partial charge in [-0.1, -0.05) is 12.1 Å². The smallest absolute Gasteiger partial charge is 0.0565 e. The molecule has 4 rings (SSSR count). The van der Waals surface area contributed by atoms with Crippen molar-refractivity contribution in [1.82, 2.24) is 20.0 Å². The molecule has 0 radical (unpaired) electrons. The molecule has 1 aliphatic heterocycles. The van der Waals surface area contributed by atoms with E-state index in [4.69, 9.17) is 0 Å². The van der Waals surface area contributed by atoms with Gasteiger partial charge in [-0.3, -0.25) is 9.78 Å². The number of rotatable bonds is 4. The fourth-order valence-electron chi connectivity index (χ4n) is 2.86. The summed E-state index contributed by atoms with van der Waals surface area (Å²) >= 11 is 0. The summed E-state index contributed by atoms with van der Waals surface area (Å²) in [5.74, 6) is 0. The second-order valence-electron chi connectivity index (χ2n) is 5.36. The minimum atomic E-state index is 0.834. The van der Waals surface area contributed by atoms with Crippen LogP contribution in [0.4, 0.5) is 5.69 Å². The second kappa shape index (κ2) is 5.09. The number of H-pyrrole nitrogens is 1. The molecule has 0 atom stereocenters. The van der Waals surface area contributed by atoms with Crippen molar-refractivity contribution in [2.24, 2.45) is 0 Å². The third-order valence-electron chi connectivity index (χ3n) is 4.02. The van der Waals surface area contributed by atoms with Crippen molar-refractivity contribution >= 4 is 5.69 Å². The second-order valence-corrected chi connectivity index (χ2v) is 5.36. The molecule has 0 fully saturated rings. The number of aromatic amines is 1. The first-order valence-electron chi connectivity index (χ1n) is 7.27. The molecule has 0 aliphatic carbocycles. The van der Waals surface area contributed by atoms with Gasteiger partial charge in [0.15, 0.2) is 0 Å². The summed E-state index contributed by atoms with van der Waals surface area (Å²) in [6.07, 6.45) is 8.09. The molecule has 1 aliphatic rings. The van der Waals surface area contributed by atoms with E-state index < -0.39 is 0 Å². The van der Waals surface area contributed by atoms with E-state index in [2.05, 4.69) is 49.6 Å². The van der Waals surface area contributed by atoms with Crippen molar-refractivity contribution in [2.75, 3.05) is 5.32 Å². The van der Waals surface area contributed by atoms with Crippen LogP contribution in [0.2, 0.25) is 0 Å². The average Bonchev–Trinajstić information content (AvgIpc) is 3.24. The molecule has 21 heavy (non-hydrogen) atoms. The molecule has 0 bridgehead atoms. The largest absolute Gasteiger partial charge is 0.381 e. The third kappa shape index (κ3) is 2.31. The van der Waals surface area contributed by atoms with Crippen LogP contribution in [0.5, 0.6) is 0 Å². The molecule has 3 aromatic rings. The maximum absolute atomic E-state index is 4.42. The van der Waals surface area contributed by atoms with Gasteiger partial charge < -0.3 is 5.32 Å². The molecule has 5 nitrogen and oxygen atoms in total. The maximum Gasteiger partial charge on any atom is 0.0565 e. The van der Waals surface area contributed by atoms with E-state index in [1.807, 2.05) is 18.6 Å². The molecule has 0 saturated heterocycles. The van der Waals surface area contributed by atoms with Crippen LogP contribution in [0.15, 0.2) is 42.9 Å². The monoisotopic (exact) mass is 279 g/mol. The van der Waals surface area contributed by atoms with Gasteiger partial charge in [-0.25, -0.2) is 0 Å². The Morgan fingerprint density at radius 1 is 1.14 bits per heavy atom. The van der Waals surface area contributed by atoms with Gasteiger partial charge in [0.25, 0.3) is 0 Å². The van der Waals surface area contributed by atoms with Crippen LogP contribution in [-0.2, 0) is 19.5 Å². The van der Waals surface area contributed by atoms with Crippen LogP contribution >= 0.6 is 0 Å². The Morgan fingerprint density at radius 2 is 2.05 bits per heavy atom. The molecule has 0 saturated carbocycles. The van der Waals surface area contributed by atoms with Crippen LogP contribution in [0.1, 0.15) is 17.7 Å². The van der Waals surface area contributed by atoms with E-state index in [1.165, 1.54) is 23.2 Å². The van der Waals surface area contributed by atoms with Crippen molar-refractivity contribution in [1.29, 1.82) is 0 Å². The van der Waals surface area contributed by atoms with Crippen LogP contribution < -0.4 is 5.32 Å². The van der Waals surface area contributed by atoms with E-state index in [1.54, 1.807) is 0 Å².